The molecule has 20 heavy (non-hydrogen) atoms. The minimum atomic E-state index is 0.408. The van der Waals surface area contributed by atoms with Crippen LogP contribution in [0, 0.1) is 5.92 Å². The van der Waals surface area contributed by atoms with E-state index in [0.29, 0.717) is 12.0 Å². The Balaban J connectivity index is 2.28. The van der Waals surface area contributed by atoms with Crippen LogP contribution in [0.25, 0.3) is 0 Å². The summed E-state index contributed by atoms with van der Waals surface area (Å²) in [6.45, 7) is 9.24. The van der Waals surface area contributed by atoms with Crippen molar-refractivity contribution in [2.24, 2.45) is 5.92 Å². The first kappa shape index (κ1) is 17.0. The zero-order valence-electron chi connectivity index (χ0n) is 13.3. The Hall–Kier alpha value is -1.06. The minimum Gasteiger partial charge on any atom is -0.497 e. The molecule has 0 aliphatic carbocycles. The minimum absolute atomic E-state index is 0.408. The summed E-state index contributed by atoms with van der Waals surface area (Å²) in [6, 6.07) is 8.72. The molecule has 1 unspecified atom stereocenters. The van der Waals surface area contributed by atoms with Gasteiger partial charge in [0.25, 0.3) is 0 Å². The number of methoxy groups -OCH3 is 1. The standard InChI is InChI=1S/C17H29NO2/c1-5-17(15-7-9-16(19-4)10-8-15)18-11-6-12-20-13-14(2)3/h7-10,14,17-18H,5-6,11-13H2,1-4H3. The van der Waals surface area contributed by atoms with Crippen molar-refractivity contribution in [3.8, 4) is 5.75 Å². The summed E-state index contributed by atoms with van der Waals surface area (Å²) in [6.07, 6.45) is 2.14. The summed E-state index contributed by atoms with van der Waals surface area (Å²) in [5.41, 5.74) is 1.32. The van der Waals surface area contributed by atoms with Gasteiger partial charge in [-0.1, -0.05) is 32.9 Å². The second-order valence-corrected chi connectivity index (χ2v) is 5.51. The van der Waals surface area contributed by atoms with Crippen molar-refractivity contribution < 1.29 is 9.47 Å². The smallest absolute Gasteiger partial charge is 0.118 e. The largest absolute Gasteiger partial charge is 0.497 e. The fourth-order valence-corrected chi connectivity index (χ4v) is 2.10. The monoisotopic (exact) mass is 279 g/mol. The summed E-state index contributed by atoms with van der Waals surface area (Å²) < 4.78 is 10.8. The molecule has 3 heteroatoms. The maximum atomic E-state index is 5.59. The van der Waals surface area contributed by atoms with Crippen molar-refractivity contribution in [2.45, 2.75) is 39.7 Å². The molecular weight excluding hydrogens is 250 g/mol. The number of benzene rings is 1. The molecule has 1 aromatic carbocycles. The lowest BCUT2D eigenvalue weighted by Gasteiger charge is -2.18. The lowest BCUT2D eigenvalue weighted by molar-refractivity contribution is 0.107. The summed E-state index contributed by atoms with van der Waals surface area (Å²) in [4.78, 5) is 0. The highest BCUT2D eigenvalue weighted by Gasteiger charge is 2.08. The van der Waals surface area contributed by atoms with Crippen molar-refractivity contribution in [1.29, 1.82) is 0 Å². The van der Waals surface area contributed by atoms with Gasteiger partial charge in [-0.2, -0.15) is 0 Å². The van der Waals surface area contributed by atoms with E-state index >= 15 is 0 Å². The first-order valence-electron chi connectivity index (χ1n) is 7.62. The molecule has 0 heterocycles. The van der Waals surface area contributed by atoms with E-state index in [1.807, 2.05) is 12.1 Å². The molecule has 1 aromatic rings. The second kappa shape index (κ2) is 9.78. The van der Waals surface area contributed by atoms with Gasteiger partial charge < -0.3 is 14.8 Å². The van der Waals surface area contributed by atoms with E-state index in [2.05, 4.69) is 38.2 Å². The van der Waals surface area contributed by atoms with Crippen molar-refractivity contribution >= 4 is 0 Å². The van der Waals surface area contributed by atoms with Crippen LogP contribution in [0.15, 0.2) is 24.3 Å². The van der Waals surface area contributed by atoms with E-state index in [4.69, 9.17) is 9.47 Å². The van der Waals surface area contributed by atoms with Gasteiger partial charge in [-0.15, -0.1) is 0 Å². The van der Waals surface area contributed by atoms with E-state index in [9.17, 15) is 0 Å². The first-order valence-corrected chi connectivity index (χ1v) is 7.62. The third kappa shape index (κ3) is 6.40. The lowest BCUT2D eigenvalue weighted by atomic mass is 10.0. The molecule has 1 atom stereocenters. The van der Waals surface area contributed by atoms with Crippen LogP contribution in [0.2, 0.25) is 0 Å². The highest BCUT2D eigenvalue weighted by molar-refractivity contribution is 5.29. The molecule has 0 radical (unpaired) electrons. The van der Waals surface area contributed by atoms with Crippen molar-refractivity contribution in [2.75, 3.05) is 26.9 Å². The Kier molecular flexibility index (Phi) is 8.31. The van der Waals surface area contributed by atoms with E-state index in [0.717, 1.165) is 38.3 Å². The average Bonchev–Trinajstić information content (AvgIpc) is 2.46. The highest BCUT2D eigenvalue weighted by Crippen LogP contribution is 2.19. The highest BCUT2D eigenvalue weighted by atomic mass is 16.5. The first-order chi connectivity index (χ1) is 9.67. The van der Waals surface area contributed by atoms with Crippen molar-refractivity contribution in [1.82, 2.24) is 5.32 Å². The van der Waals surface area contributed by atoms with Gasteiger partial charge in [0.05, 0.1) is 7.11 Å². The lowest BCUT2D eigenvalue weighted by Crippen LogP contribution is -2.23. The van der Waals surface area contributed by atoms with Crippen molar-refractivity contribution in [3.63, 3.8) is 0 Å². The Morgan fingerprint density at radius 2 is 1.85 bits per heavy atom. The van der Waals surface area contributed by atoms with Crippen LogP contribution in [-0.2, 0) is 4.74 Å². The third-order valence-corrected chi connectivity index (χ3v) is 3.23. The van der Waals surface area contributed by atoms with Crippen LogP contribution < -0.4 is 10.1 Å². The van der Waals surface area contributed by atoms with Crippen LogP contribution in [0.1, 0.15) is 45.2 Å². The van der Waals surface area contributed by atoms with E-state index in [-0.39, 0.29) is 0 Å². The number of rotatable bonds is 10. The average molecular weight is 279 g/mol. The molecule has 0 bridgehead atoms. The topological polar surface area (TPSA) is 30.5 Å². The molecule has 0 aromatic heterocycles. The molecule has 0 aliphatic heterocycles. The molecule has 0 amide bonds. The Bertz CT molecular complexity index is 349. The maximum Gasteiger partial charge on any atom is 0.118 e. The maximum absolute atomic E-state index is 5.59. The molecule has 1 N–H and O–H groups in total. The summed E-state index contributed by atoms with van der Waals surface area (Å²) in [7, 11) is 1.70. The molecule has 0 saturated carbocycles. The summed E-state index contributed by atoms with van der Waals surface area (Å²) in [5.74, 6) is 1.52. The van der Waals surface area contributed by atoms with Crippen molar-refractivity contribution in [3.05, 3.63) is 29.8 Å². The summed E-state index contributed by atoms with van der Waals surface area (Å²) in [5, 5.41) is 3.59. The van der Waals surface area contributed by atoms with Gasteiger partial charge in [0, 0.05) is 19.3 Å². The van der Waals surface area contributed by atoms with Crippen LogP contribution in [0.5, 0.6) is 5.75 Å². The second-order valence-electron chi connectivity index (χ2n) is 5.51. The van der Waals surface area contributed by atoms with Gasteiger partial charge in [0.2, 0.25) is 0 Å². The molecule has 0 saturated heterocycles. The van der Waals surface area contributed by atoms with Gasteiger partial charge in [-0.25, -0.2) is 0 Å². The summed E-state index contributed by atoms with van der Waals surface area (Å²) >= 11 is 0. The molecular formula is C17H29NO2. The normalized spacial score (nSPS) is 12.7. The molecule has 0 spiro atoms. The zero-order valence-corrected chi connectivity index (χ0v) is 13.3. The number of nitrogens with one attached hydrogen (secondary N) is 1. The molecule has 0 fully saturated rings. The quantitative estimate of drug-likeness (QED) is 0.661. The van der Waals surface area contributed by atoms with Crippen LogP contribution in [0.4, 0.5) is 0 Å². The van der Waals surface area contributed by atoms with Gasteiger partial charge in [-0.3, -0.25) is 0 Å². The SMILES string of the molecule is CCC(NCCCOCC(C)C)c1ccc(OC)cc1. The van der Waals surface area contributed by atoms with Gasteiger partial charge in [0.15, 0.2) is 0 Å². The van der Waals surface area contributed by atoms with Crippen LogP contribution in [-0.4, -0.2) is 26.9 Å². The molecule has 114 valence electrons. The number of hydrogen-bond acceptors (Lipinski definition) is 3. The van der Waals surface area contributed by atoms with Crippen LogP contribution >= 0.6 is 0 Å². The predicted octanol–water partition coefficient (Wildman–Crippen LogP) is 3.80. The predicted molar refractivity (Wildman–Crippen MR) is 84.3 cm³/mol. The fraction of sp³-hybridized carbons (Fsp3) is 0.647. The van der Waals surface area contributed by atoms with E-state index in [1.165, 1.54) is 5.56 Å². The number of hydrogen-bond donors (Lipinski definition) is 1. The van der Waals surface area contributed by atoms with Gasteiger partial charge in [0.1, 0.15) is 5.75 Å². The Labute approximate surface area is 123 Å². The van der Waals surface area contributed by atoms with Crippen LogP contribution in [0.3, 0.4) is 0 Å². The Morgan fingerprint density at radius 1 is 1.15 bits per heavy atom. The Morgan fingerprint density at radius 3 is 2.40 bits per heavy atom. The molecule has 0 aliphatic rings. The van der Waals surface area contributed by atoms with E-state index in [1.54, 1.807) is 7.11 Å². The zero-order chi connectivity index (χ0) is 14.8. The molecule has 1 rings (SSSR count). The van der Waals surface area contributed by atoms with Gasteiger partial charge >= 0.3 is 0 Å². The van der Waals surface area contributed by atoms with Gasteiger partial charge in [-0.05, 0) is 43.0 Å². The molecule has 3 nitrogen and oxygen atoms in total. The number of ether oxygens (including phenoxy) is 2. The third-order valence-electron chi connectivity index (χ3n) is 3.23. The van der Waals surface area contributed by atoms with E-state index < -0.39 is 0 Å². The fourth-order valence-electron chi connectivity index (χ4n) is 2.10.